The lowest BCUT2D eigenvalue weighted by Crippen LogP contribution is -2.42. The number of nitrogens with zero attached hydrogens (tertiary/aromatic N) is 2. The van der Waals surface area contributed by atoms with Crippen LogP contribution in [0.1, 0.15) is 46.5 Å². The summed E-state index contributed by atoms with van der Waals surface area (Å²) >= 11 is 0. The molecular formula is C17H29N5O. The number of pyridine rings is 1. The topological polar surface area (TPSA) is 78.4 Å². The molecule has 23 heavy (non-hydrogen) atoms. The van der Waals surface area contributed by atoms with Crippen LogP contribution >= 0.6 is 0 Å². The van der Waals surface area contributed by atoms with Gasteiger partial charge in [0.25, 0.3) is 0 Å². The lowest BCUT2D eigenvalue weighted by Gasteiger charge is -2.17. The fourth-order valence-corrected chi connectivity index (χ4v) is 2.11. The van der Waals surface area contributed by atoms with E-state index in [4.69, 9.17) is 0 Å². The largest absolute Gasteiger partial charge is 0.357 e. The number of hydrogen-bond acceptors (Lipinski definition) is 3. The molecule has 1 rings (SSSR count). The van der Waals surface area contributed by atoms with E-state index >= 15 is 0 Å². The second-order valence-corrected chi connectivity index (χ2v) is 5.53. The average molecular weight is 319 g/mol. The predicted octanol–water partition coefficient (Wildman–Crippen LogP) is 2.54. The summed E-state index contributed by atoms with van der Waals surface area (Å²) in [7, 11) is 0. The average Bonchev–Trinajstić information content (AvgIpc) is 2.54. The summed E-state index contributed by atoms with van der Waals surface area (Å²) in [5.74, 6) is 0.520. The Morgan fingerprint density at radius 1 is 1.35 bits per heavy atom. The minimum Gasteiger partial charge on any atom is -0.357 e. The highest BCUT2D eigenvalue weighted by Crippen LogP contribution is 2.03. The molecule has 3 N–H and O–H groups in total. The number of rotatable bonds is 9. The molecule has 6 nitrogen and oxygen atoms in total. The van der Waals surface area contributed by atoms with E-state index in [2.05, 4.69) is 39.8 Å². The van der Waals surface area contributed by atoms with E-state index in [0.717, 1.165) is 13.0 Å². The SMILES string of the molecule is CCCCCC(C)NC(=NCC(=O)Nc1cccnc1)NCC. The minimum absolute atomic E-state index is 0.0753. The highest BCUT2D eigenvalue weighted by Gasteiger charge is 2.06. The van der Waals surface area contributed by atoms with Crippen molar-refractivity contribution >= 4 is 17.6 Å². The van der Waals surface area contributed by atoms with E-state index in [1.54, 1.807) is 24.5 Å². The van der Waals surface area contributed by atoms with Crippen LogP contribution in [0.5, 0.6) is 0 Å². The number of carbonyl (C=O) groups excluding carboxylic acids is 1. The number of anilines is 1. The van der Waals surface area contributed by atoms with Crippen molar-refractivity contribution in [2.45, 2.75) is 52.5 Å². The van der Waals surface area contributed by atoms with E-state index in [9.17, 15) is 4.79 Å². The summed E-state index contributed by atoms with van der Waals surface area (Å²) in [5, 5.41) is 9.28. The molecule has 1 atom stereocenters. The molecule has 0 saturated heterocycles. The fraction of sp³-hybridized carbons (Fsp3) is 0.588. The lowest BCUT2D eigenvalue weighted by molar-refractivity contribution is -0.114. The normalized spacial score (nSPS) is 12.6. The van der Waals surface area contributed by atoms with Gasteiger partial charge in [-0.25, -0.2) is 4.99 Å². The summed E-state index contributed by atoms with van der Waals surface area (Å²) in [5.41, 5.74) is 0.679. The van der Waals surface area contributed by atoms with Crippen molar-refractivity contribution in [2.75, 3.05) is 18.4 Å². The van der Waals surface area contributed by atoms with Gasteiger partial charge in [-0.3, -0.25) is 9.78 Å². The Bertz CT molecular complexity index is 475. The number of nitrogens with one attached hydrogen (secondary N) is 3. The molecule has 1 aromatic heterocycles. The van der Waals surface area contributed by atoms with Crippen LogP contribution in [0, 0.1) is 0 Å². The van der Waals surface area contributed by atoms with E-state index in [1.165, 1.54) is 19.3 Å². The molecule has 0 aromatic carbocycles. The number of amides is 1. The Morgan fingerprint density at radius 3 is 2.83 bits per heavy atom. The van der Waals surface area contributed by atoms with Gasteiger partial charge >= 0.3 is 0 Å². The highest BCUT2D eigenvalue weighted by molar-refractivity contribution is 5.93. The van der Waals surface area contributed by atoms with Gasteiger partial charge in [0.1, 0.15) is 6.54 Å². The monoisotopic (exact) mass is 319 g/mol. The minimum atomic E-state index is -0.158. The van der Waals surface area contributed by atoms with E-state index in [-0.39, 0.29) is 12.5 Å². The van der Waals surface area contributed by atoms with Crippen molar-refractivity contribution in [2.24, 2.45) is 4.99 Å². The lowest BCUT2D eigenvalue weighted by atomic mass is 10.1. The predicted molar refractivity (Wildman–Crippen MR) is 95.6 cm³/mol. The third-order valence-corrected chi connectivity index (χ3v) is 3.29. The molecule has 0 fully saturated rings. The molecule has 1 heterocycles. The summed E-state index contributed by atoms with van der Waals surface area (Å²) in [6.45, 7) is 7.18. The fourth-order valence-electron chi connectivity index (χ4n) is 2.11. The summed E-state index contributed by atoms with van der Waals surface area (Å²) in [6.07, 6.45) is 8.04. The van der Waals surface area contributed by atoms with Gasteiger partial charge in [0, 0.05) is 18.8 Å². The first-order valence-electron chi connectivity index (χ1n) is 8.40. The molecule has 6 heteroatoms. The Morgan fingerprint density at radius 2 is 2.17 bits per heavy atom. The first-order valence-corrected chi connectivity index (χ1v) is 8.40. The van der Waals surface area contributed by atoms with E-state index < -0.39 is 0 Å². The van der Waals surface area contributed by atoms with Crippen molar-refractivity contribution < 1.29 is 4.79 Å². The molecule has 1 amide bonds. The van der Waals surface area contributed by atoms with E-state index in [1.807, 2.05) is 6.92 Å². The first-order chi connectivity index (χ1) is 11.2. The van der Waals surface area contributed by atoms with Crippen molar-refractivity contribution in [1.82, 2.24) is 15.6 Å². The van der Waals surface area contributed by atoms with Gasteiger partial charge in [-0.15, -0.1) is 0 Å². The number of hydrogen-bond donors (Lipinski definition) is 3. The summed E-state index contributed by atoms with van der Waals surface area (Å²) in [4.78, 5) is 20.2. The van der Waals surface area contributed by atoms with Crippen LogP contribution in [0.3, 0.4) is 0 Å². The first kappa shape index (κ1) is 18.9. The molecule has 0 aliphatic carbocycles. The quantitative estimate of drug-likeness (QED) is 0.371. The number of aliphatic imine (C=N–C) groups is 1. The van der Waals surface area contributed by atoms with Gasteiger partial charge in [-0.2, -0.15) is 0 Å². The molecule has 0 bridgehead atoms. The number of carbonyl (C=O) groups is 1. The molecule has 1 unspecified atom stereocenters. The van der Waals surface area contributed by atoms with Crippen molar-refractivity contribution in [1.29, 1.82) is 0 Å². The van der Waals surface area contributed by atoms with Crippen LogP contribution in [0.4, 0.5) is 5.69 Å². The van der Waals surface area contributed by atoms with Crippen LogP contribution in [-0.4, -0.2) is 36.0 Å². The summed E-state index contributed by atoms with van der Waals surface area (Å²) < 4.78 is 0. The third kappa shape index (κ3) is 8.80. The zero-order valence-electron chi connectivity index (χ0n) is 14.4. The second-order valence-electron chi connectivity index (χ2n) is 5.53. The number of guanidine groups is 1. The standard InChI is InChI=1S/C17H29N5O/c1-4-6-7-9-14(3)21-17(19-5-2)20-13-16(23)22-15-10-8-11-18-12-15/h8,10-12,14H,4-7,9,13H2,1-3H3,(H,22,23)(H2,19,20,21). The molecule has 0 radical (unpaired) electrons. The smallest absolute Gasteiger partial charge is 0.246 e. The van der Waals surface area contributed by atoms with E-state index in [0.29, 0.717) is 17.7 Å². The van der Waals surface area contributed by atoms with Crippen molar-refractivity contribution in [3.63, 3.8) is 0 Å². The second kappa shape index (κ2) is 11.5. The molecule has 1 aromatic rings. The van der Waals surface area contributed by atoms with Crippen LogP contribution in [0.15, 0.2) is 29.5 Å². The van der Waals surface area contributed by atoms with Gasteiger partial charge in [0.15, 0.2) is 5.96 Å². The molecule has 128 valence electrons. The highest BCUT2D eigenvalue weighted by atomic mass is 16.1. The number of unbranched alkanes of at least 4 members (excludes halogenated alkanes) is 2. The maximum Gasteiger partial charge on any atom is 0.246 e. The molecule has 0 spiro atoms. The Balaban J connectivity index is 2.45. The van der Waals surface area contributed by atoms with Crippen LogP contribution in [0.2, 0.25) is 0 Å². The van der Waals surface area contributed by atoms with Crippen LogP contribution in [0.25, 0.3) is 0 Å². The Kier molecular flexibility index (Phi) is 9.43. The van der Waals surface area contributed by atoms with Gasteiger partial charge in [0.2, 0.25) is 5.91 Å². The van der Waals surface area contributed by atoms with Gasteiger partial charge in [-0.05, 0) is 32.4 Å². The zero-order valence-corrected chi connectivity index (χ0v) is 14.4. The molecule has 0 aliphatic heterocycles. The van der Waals surface area contributed by atoms with Gasteiger partial charge in [-0.1, -0.05) is 26.2 Å². The zero-order chi connectivity index (χ0) is 16.9. The maximum atomic E-state index is 11.9. The third-order valence-electron chi connectivity index (χ3n) is 3.29. The van der Waals surface area contributed by atoms with Gasteiger partial charge in [0.05, 0.1) is 11.9 Å². The van der Waals surface area contributed by atoms with Crippen molar-refractivity contribution in [3.05, 3.63) is 24.5 Å². The molecule has 0 saturated carbocycles. The van der Waals surface area contributed by atoms with Crippen molar-refractivity contribution in [3.8, 4) is 0 Å². The summed E-state index contributed by atoms with van der Waals surface area (Å²) in [6, 6.07) is 3.91. The Labute approximate surface area is 139 Å². The number of aromatic nitrogens is 1. The maximum absolute atomic E-state index is 11.9. The molecular weight excluding hydrogens is 290 g/mol. The Hall–Kier alpha value is -2.11. The van der Waals surface area contributed by atoms with Crippen LogP contribution < -0.4 is 16.0 Å². The molecule has 0 aliphatic rings. The van der Waals surface area contributed by atoms with Gasteiger partial charge < -0.3 is 16.0 Å². The van der Waals surface area contributed by atoms with Crippen LogP contribution in [-0.2, 0) is 4.79 Å².